The molecule has 122 valence electrons. The van der Waals surface area contributed by atoms with Gasteiger partial charge in [0.1, 0.15) is 6.04 Å². The van der Waals surface area contributed by atoms with Crippen LogP contribution in [-0.4, -0.2) is 45.6 Å². The van der Waals surface area contributed by atoms with E-state index in [0.29, 0.717) is 19.6 Å². The molecule has 1 atom stereocenters. The molecule has 2 heterocycles. The van der Waals surface area contributed by atoms with E-state index in [4.69, 9.17) is 5.11 Å². The summed E-state index contributed by atoms with van der Waals surface area (Å²) in [4.78, 5) is 24.9. The minimum atomic E-state index is -0.951. The van der Waals surface area contributed by atoms with Crippen molar-refractivity contribution in [1.29, 1.82) is 0 Å². The molecule has 0 radical (unpaired) electrons. The lowest BCUT2D eigenvalue weighted by molar-refractivity contribution is -0.143. The number of carbonyl (C=O) groups excluding carboxylic acids is 1. The third-order valence-corrected chi connectivity index (χ3v) is 4.37. The number of aliphatic carboxylic acids is 1. The van der Waals surface area contributed by atoms with Gasteiger partial charge in [-0.3, -0.25) is 14.5 Å². The fourth-order valence-electron chi connectivity index (χ4n) is 3.20. The molecule has 6 heteroatoms. The molecule has 1 fully saturated rings. The first-order valence-electron chi connectivity index (χ1n) is 7.90. The van der Waals surface area contributed by atoms with E-state index in [2.05, 4.69) is 47.3 Å². The number of amides is 1. The lowest BCUT2D eigenvalue weighted by atomic mass is 10.1. The van der Waals surface area contributed by atoms with Gasteiger partial charge in [0.25, 0.3) is 0 Å². The molecular formula is C17H21N3O3. The number of rotatable bonds is 5. The first-order chi connectivity index (χ1) is 11.1. The number of nitrogens with one attached hydrogen (secondary N) is 1. The third kappa shape index (κ3) is 3.22. The molecule has 1 amide bonds. The van der Waals surface area contributed by atoms with Gasteiger partial charge in [0.05, 0.1) is 6.42 Å². The number of piperazine rings is 1. The normalized spacial score (nSPS) is 19.0. The zero-order valence-corrected chi connectivity index (χ0v) is 13.2. The molecule has 1 aromatic carbocycles. The van der Waals surface area contributed by atoms with Gasteiger partial charge in [-0.15, -0.1) is 0 Å². The van der Waals surface area contributed by atoms with Crippen LogP contribution in [-0.2, 0) is 22.7 Å². The molecule has 23 heavy (non-hydrogen) atoms. The number of carboxylic acids is 1. The Morgan fingerprint density at radius 1 is 1.39 bits per heavy atom. The Labute approximate surface area is 134 Å². The summed E-state index contributed by atoms with van der Waals surface area (Å²) in [6.45, 7) is 4.84. The smallest absolute Gasteiger partial charge is 0.305 e. The van der Waals surface area contributed by atoms with Crippen LogP contribution in [0.25, 0.3) is 10.9 Å². The Morgan fingerprint density at radius 2 is 2.22 bits per heavy atom. The van der Waals surface area contributed by atoms with Crippen LogP contribution in [0.4, 0.5) is 0 Å². The van der Waals surface area contributed by atoms with Crippen molar-refractivity contribution in [1.82, 2.24) is 14.8 Å². The predicted octanol–water partition coefficient (Wildman–Crippen LogP) is 1.44. The maximum absolute atomic E-state index is 12.0. The molecule has 1 aliphatic heterocycles. The molecule has 0 unspecified atom stereocenters. The van der Waals surface area contributed by atoms with E-state index in [0.717, 1.165) is 12.1 Å². The fraction of sp³-hybridized carbons (Fsp3) is 0.412. The molecule has 2 N–H and O–H groups in total. The summed E-state index contributed by atoms with van der Waals surface area (Å²) in [5, 5.41) is 12.9. The summed E-state index contributed by atoms with van der Waals surface area (Å²) >= 11 is 0. The second kappa shape index (κ2) is 6.42. The minimum absolute atomic E-state index is 0.166. The number of fused-ring (bicyclic) bond motifs is 1. The largest absolute Gasteiger partial charge is 0.481 e. The number of aryl methyl sites for hydroxylation is 1. The lowest BCUT2D eigenvalue weighted by Crippen LogP contribution is -2.55. The summed E-state index contributed by atoms with van der Waals surface area (Å²) in [7, 11) is 0. The number of nitrogens with zero attached hydrogens (tertiary/aromatic N) is 2. The Bertz CT molecular complexity index is 738. The maximum atomic E-state index is 12.0. The van der Waals surface area contributed by atoms with Gasteiger partial charge in [0.2, 0.25) is 5.91 Å². The van der Waals surface area contributed by atoms with E-state index >= 15 is 0 Å². The molecule has 2 aromatic rings. The average molecular weight is 315 g/mol. The van der Waals surface area contributed by atoms with E-state index in [1.165, 1.54) is 10.9 Å². The van der Waals surface area contributed by atoms with Crippen LogP contribution in [0.5, 0.6) is 0 Å². The summed E-state index contributed by atoms with van der Waals surface area (Å²) < 4.78 is 2.18. The van der Waals surface area contributed by atoms with Crippen LogP contribution in [0.3, 0.4) is 0 Å². The maximum Gasteiger partial charge on any atom is 0.305 e. The highest BCUT2D eigenvalue weighted by molar-refractivity contribution is 5.86. The quantitative estimate of drug-likeness (QED) is 0.875. The number of hydrogen-bond acceptors (Lipinski definition) is 3. The van der Waals surface area contributed by atoms with Crippen LogP contribution in [0.15, 0.2) is 30.5 Å². The van der Waals surface area contributed by atoms with Gasteiger partial charge in [-0.05, 0) is 36.1 Å². The third-order valence-electron chi connectivity index (χ3n) is 4.37. The standard InChI is InChI=1S/C17H21N3O3/c1-2-19-7-5-13-9-12(3-4-14(13)19)11-20-8-6-18-17(23)15(20)10-16(21)22/h3-5,7,9,15H,2,6,8,10-11H2,1H3,(H,18,23)(H,21,22)/t15-/m1/s1. The van der Waals surface area contributed by atoms with Gasteiger partial charge < -0.3 is 15.0 Å². The Kier molecular flexibility index (Phi) is 4.34. The number of carboxylic acid groups (broad SMARTS) is 1. The van der Waals surface area contributed by atoms with Crippen LogP contribution < -0.4 is 5.32 Å². The molecule has 0 saturated carbocycles. The Hall–Kier alpha value is -2.34. The van der Waals surface area contributed by atoms with E-state index in [1.54, 1.807) is 0 Å². The van der Waals surface area contributed by atoms with Crippen molar-refractivity contribution in [3.8, 4) is 0 Å². The van der Waals surface area contributed by atoms with E-state index in [9.17, 15) is 9.59 Å². The first kappa shape index (κ1) is 15.6. The molecule has 0 aliphatic carbocycles. The highest BCUT2D eigenvalue weighted by Gasteiger charge is 2.31. The van der Waals surface area contributed by atoms with Crippen LogP contribution in [0, 0.1) is 0 Å². The predicted molar refractivity (Wildman–Crippen MR) is 87.1 cm³/mol. The lowest BCUT2D eigenvalue weighted by Gasteiger charge is -2.34. The highest BCUT2D eigenvalue weighted by Crippen LogP contribution is 2.20. The van der Waals surface area contributed by atoms with Crippen molar-refractivity contribution in [3.63, 3.8) is 0 Å². The van der Waals surface area contributed by atoms with Crippen LogP contribution in [0.1, 0.15) is 18.9 Å². The van der Waals surface area contributed by atoms with Gasteiger partial charge in [0, 0.05) is 37.9 Å². The second-order valence-electron chi connectivity index (χ2n) is 5.87. The van der Waals surface area contributed by atoms with Gasteiger partial charge in [0.15, 0.2) is 0 Å². The first-order valence-corrected chi connectivity index (χ1v) is 7.90. The number of benzene rings is 1. The van der Waals surface area contributed by atoms with Gasteiger partial charge in [-0.25, -0.2) is 0 Å². The molecule has 1 aromatic heterocycles. The highest BCUT2D eigenvalue weighted by atomic mass is 16.4. The van der Waals surface area contributed by atoms with Crippen molar-refractivity contribution < 1.29 is 14.7 Å². The molecule has 3 rings (SSSR count). The van der Waals surface area contributed by atoms with E-state index < -0.39 is 12.0 Å². The van der Waals surface area contributed by atoms with E-state index in [-0.39, 0.29) is 12.3 Å². The average Bonchev–Trinajstić information content (AvgIpc) is 2.92. The van der Waals surface area contributed by atoms with Crippen molar-refractivity contribution in [2.24, 2.45) is 0 Å². The summed E-state index contributed by atoms with van der Waals surface area (Å²) in [5.41, 5.74) is 2.28. The fourth-order valence-corrected chi connectivity index (χ4v) is 3.20. The molecular weight excluding hydrogens is 294 g/mol. The van der Waals surface area contributed by atoms with Gasteiger partial charge in [-0.1, -0.05) is 6.07 Å². The van der Waals surface area contributed by atoms with Gasteiger partial charge >= 0.3 is 5.97 Å². The summed E-state index contributed by atoms with van der Waals surface area (Å²) in [5.74, 6) is -1.15. The zero-order valence-electron chi connectivity index (χ0n) is 13.2. The zero-order chi connectivity index (χ0) is 16.4. The van der Waals surface area contributed by atoms with Crippen LogP contribution in [0.2, 0.25) is 0 Å². The monoisotopic (exact) mass is 315 g/mol. The SMILES string of the molecule is CCn1ccc2cc(CN3CCNC(=O)[C@H]3CC(=O)O)ccc21. The summed E-state index contributed by atoms with van der Waals surface area (Å²) in [6.07, 6.45) is 1.90. The Morgan fingerprint density at radius 3 is 2.96 bits per heavy atom. The van der Waals surface area contributed by atoms with Gasteiger partial charge in [-0.2, -0.15) is 0 Å². The number of aromatic nitrogens is 1. The van der Waals surface area contributed by atoms with Crippen LogP contribution >= 0.6 is 0 Å². The molecule has 0 bridgehead atoms. The van der Waals surface area contributed by atoms with Crippen molar-refractivity contribution >= 4 is 22.8 Å². The van der Waals surface area contributed by atoms with Crippen molar-refractivity contribution in [2.45, 2.75) is 32.5 Å². The topological polar surface area (TPSA) is 74.6 Å². The summed E-state index contributed by atoms with van der Waals surface area (Å²) in [6, 6.07) is 7.74. The number of hydrogen-bond donors (Lipinski definition) is 2. The molecule has 1 saturated heterocycles. The molecule has 1 aliphatic rings. The molecule has 0 spiro atoms. The van der Waals surface area contributed by atoms with E-state index in [1.807, 2.05) is 4.90 Å². The minimum Gasteiger partial charge on any atom is -0.481 e. The van der Waals surface area contributed by atoms with Crippen molar-refractivity contribution in [2.75, 3.05) is 13.1 Å². The number of carbonyl (C=O) groups is 2. The Balaban J connectivity index is 1.81. The second-order valence-corrected chi connectivity index (χ2v) is 5.87. The molecule has 6 nitrogen and oxygen atoms in total. The van der Waals surface area contributed by atoms with Crippen molar-refractivity contribution in [3.05, 3.63) is 36.0 Å².